The average molecular weight is 213 g/mol. The Balaban J connectivity index is 2.46. The first-order chi connectivity index (χ1) is 7.00. The molecule has 3 unspecified atom stereocenters. The van der Waals surface area contributed by atoms with Gasteiger partial charge in [0.15, 0.2) is 0 Å². The van der Waals surface area contributed by atoms with Crippen molar-refractivity contribution in [3.63, 3.8) is 0 Å². The third-order valence-electron chi connectivity index (χ3n) is 3.70. The van der Waals surface area contributed by atoms with E-state index in [9.17, 15) is 5.11 Å². The van der Waals surface area contributed by atoms with Crippen molar-refractivity contribution in [3.05, 3.63) is 0 Å². The van der Waals surface area contributed by atoms with Crippen molar-refractivity contribution in [1.82, 2.24) is 5.32 Å². The van der Waals surface area contributed by atoms with Gasteiger partial charge in [0.1, 0.15) is 0 Å². The van der Waals surface area contributed by atoms with Gasteiger partial charge < -0.3 is 10.4 Å². The Hall–Kier alpha value is -0.0800. The van der Waals surface area contributed by atoms with Crippen LogP contribution in [0, 0.1) is 17.8 Å². The lowest BCUT2D eigenvalue weighted by atomic mass is 9.74. The molecule has 4 atom stereocenters. The highest BCUT2D eigenvalue weighted by molar-refractivity contribution is 4.85. The lowest BCUT2D eigenvalue weighted by Crippen LogP contribution is -2.45. The van der Waals surface area contributed by atoms with Gasteiger partial charge in [-0.3, -0.25) is 0 Å². The van der Waals surface area contributed by atoms with Gasteiger partial charge in [-0.2, -0.15) is 0 Å². The Morgan fingerprint density at radius 2 is 1.93 bits per heavy atom. The van der Waals surface area contributed by atoms with Gasteiger partial charge in [-0.25, -0.2) is 0 Å². The van der Waals surface area contributed by atoms with Crippen molar-refractivity contribution in [2.75, 3.05) is 6.54 Å². The zero-order valence-electron chi connectivity index (χ0n) is 10.7. The average Bonchev–Trinajstić information content (AvgIpc) is 2.14. The van der Waals surface area contributed by atoms with Gasteiger partial charge in [0.2, 0.25) is 0 Å². The zero-order chi connectivity index (χ0) is 11.4. The van der Waals surface area contributed by atoms with E-state index in [0.717, 1.165) is 24.3 Å². The molecule has 0 aliphatic heterocycles. The fourth-order valence-corrected chi connectivity index (χ4v) is 2.76. The molecule has 15 heavy (non-hydrogen) atoms. The molecule has 1 rings (SSSR count). The second-order valence-electron chi connectivity index (χ2n) is 5.69. The van der Waals surface area contributed by atoms with E-state index in [1.807, 2.05) is 6.92 Å². The summed E-state index contributed by atoms with van der Waals surface area (Å²) in [6.07, 6.45) is 3.76. The molecule has 0 radical (unpaired) electrons. The highest BCUT2D eigenvalue weighted by Gasteiger charge is 2.30. The Morgan fingerprint density at radius 1 is 1.27 bits per heavy atom. The summed E-state index contributed by atoms with van der Waals surface area (Å²) in [7, 11) is 0. The SMILES string of the molecule is CC1CCC(C(C)C)C(NC[C@H](C)O)C1. The summed E-state index contributed by atoms with van der Waals surface area (Å²) in [6, 6.07) is 0.614. The molecule has 1 aliphatic rings. The molecule has 1 fully saturated rings. The molecule has 2 heteroatoms. The zero-order valence-corrected chi connectivity index (χ0v) is 10.7. The minimum Gasteiger partial charge on any atom is -0.392 e. The van der Waals surface area contributed by atoms with Gasteiger partial charge in [0, 0.05) is 12.6 Å². The number of aliphatic hydroxyl groups is 1. The number of hydrogen-bond donors (Lipinski definition) is 2. The van der Waals surface area contributed by atoms with Crippen LogP contribution in [-0.4, -0.2) is 23.8 Å². The van der Waals surface area contributed by atoms with Crippen LogP contribution >= 0.6 is 0 Å². The van der Waals surface area contributed by atoms with E-state index in [1.54, 1.807) is 0 Å². The fourth-order valence-electron chi connectivity index (χ4n) is 2.76. The van der Waals surface area contributed by atoms with E-state index in [2.05, 4.69) is 26.1 Å². The summed E-state index contributed by atoms with van der Waals surface area (Å²) in [4.78, 5) is 0. The van der Waals surface area contributed by atoms with Crippen LogP contribution in [0.1, 0.15) is 47.0 Å². The van der Waals surface area contributed by atoms with Crippen LogP contribution in [0.5, 0.6) is 0 Å². The Labute approximate surface area is 94.5 Å². The Kier molecular flexibility index (Phi) is 5.07. The van der Waals surface area contributed by atoms with Crippen LogP contribution < -0.4 is 5.32 Å². The maximum Gasteiger partial charge on any atom is 0.0636 e. The summed E-state index contributed by atoms with van der Waals surface area (Å²) >= 11 is 0. The summed E-state index contributed by atoms with van der Waals surface area (Å²) in [5, 5.41) is 12.8. The summed E-state index contributed by atoms with van der Waals surface area (Å²) in [5.41, 5.74) is 0. The monoisotopic (exact) mass is 213 g/mol. The molecule has 2 N–H and O–H groups in total. The van der Waals surface area contributed by atoms with Crippen molar-refractivity contribution in [2.45, 2.75) is 59.1 Å². The third-order valence-corrected chi connectivity index (χ3v) is 3.70. The maximum absolute atomic E-state index is 9.31. The third kappa shape index (κ3) is 4.12. The van der Waals surface area contributed by atoms with Crippen LogP contribution in [0.25, 0.3) is 0 Å². The van der Waals surface area contributed by atoms with E-state index in [4.69, 9.17) is 0 Å². The standard InChI is InChI=1S/C13H27NO/c1-9(2)12-6-5-10(3)7-13(12)14-8-11(4)15/h9-15H,5-8H2,1-4H3/t10?,11-,12?,13?/m0/s1. The van der Waals surface area contributed by atoms with E-state index in [0.29, 0.717) is 6.04 Å². The molecule has 0 spiro atoms. The summed E-state index contributed by atoms with van der Waals surface area (Å²) in [6.45, 7) is 9.56. The molecule has 0 heterocycles. The minimum atomic E-state index is -0.227. The molecule has 2 nitrogen and oxygen atoms in total. The summed E-state index contributed by atoms with van der Waals surface area (Å²) < 4.78 is 0. The van der Waals surface area contributed by atoms with Crippen molar-refractivity contribution in [3.8, 4) is 0 Å². The van der Waals surface area contributed by atoms with E-state index >= 15 is 0 Å². The first-order valence-electron chi connectivity index (χ1n) is 6.42. The van der Waals surface area contributed by atoms with Crippen LogP contribution in [0.3, 0.4) is 0 Å². The lowest BCUT2D eigenvalue weighted by molar-refractivity contribution is 0.138. The predicted octanol–water partition coefficient (Wildman–Crippen LogP) is 2.42. The predicted molar refractivity (Wildman–Crippen MR) is 64.8 cm³/mol. The highest BCUT2D eigenvalue weighted by Crippen LogP contribution is 2.33. The van der Waals surface area contributed by atoms with Crippen molar-refractivity contribution >= 4 is 0 Å². The summed E-state index contributed by atoms with van der Waals surface area (Å²) in [5.74, 6) is 2.38. The second-order valence-corrected chi connectivity index (χ2v) is 5.69. The maximum atomic E-state index is 9.31. The van der Waals surface area contributed by atoms with Gasteiger partial charge in [-0.05, 0) is 37.5 Å². The molecular weight excluding hydrogens is 186 g/mol. The molecule has 0 amide bonds. The van der Waals surface area contributed by atoms with Gasteiger partial charge in [-0.15, -0.1) is 0 Å². The fraction of sp³-hybridized carbons (Fsp3) is 1.00. The van der Waals surface area contributed by atoms with Crippen molar-refractivity contribution in [1.29, 1.82) is 0 Å². The highest BCUT2D eigenvalue weighted by atomic mass is 16.3. The lowest BCUT2D eigenvalue weighted by Gasteiger charge is -2.38. The van der Waals surface area contributed by atoms with Gasteiger partial charge >= 0.3 is 0 Å². The van der Waals surface area contributed by atoms with E-state index < -0.39 is 0 Å². The van der Waals surface area contributed by atoms with Crippen LogP contribution in [-0.2, 0) is 0 Å². The molecule has 0 aromatic carbocycles. The van der Waals surface area contributed by atoms with Gasteiger partial charge in [0.25, 0.3) is 0 Å². The normalized spacial score (nSPS) is 34.4. The molecule has 0 aromatic rings. The molecule has 1 saturated carbocycles. The molecule has 0 bridgehead atoms. The minimum absolute atomic E-state index is 0.227. The van der Waals surface area contributed by atoms with Crippen LogP contribution in [0.2, 0.25) is 0 Å². The second kappa shape index (κ2) is 5.86. The molecule has 1 aliphatic carbocycles. The molecular formula is C13H27NO. The van der Waals surface area contributed by atoms with E-state index in [-0.39, 0.29) is 6.10 Å². The van der Waals surface area contributed by atoms with Gasteiger partial charge in [-0.1, -0.05) is 27.2 Å². The molecule has 0 saturated heterocycles. The van der Waals surface area contributed by atoms with E-state index in [1.165, 1.54) is 19.3 Å². The van der Waals surface area contributed by atoms with Crippen LogP contribution in [0.4, 0.5) is 0 Å². The quantitative estimate of drug-likeness (QED) is 0.751. The first-order valence-corrected chi connectivity index (χ1v) is 6.42. The largest absolute Gasteiger partial charge is 0.392 e. The first kappa shape index (κ1) is 13.0. The smallest absolute Gasteiger partial charge is 0.0636 e. The Bertz CT molecular complexity index is 179. The molecule has 0 aromatic heterocycles. The number of rotatable bonds is 4. The number of hydrogen-bond acceptors (Lipinski definition) is 2. The van der Waals surface area contributed by atoms with Gasteiger partial charge in [0.05, 0.1) is 6.10 Å². The number of aliphatic hydroxyl groups excluding tert-OH is 1. The van der Waals surface area contributed by atoms with Crippen molar-refractivity contribution < 1.29 is 5.11 Å². The topological polar surface area (TPSA) is 32.3 Å². The van der Waals surface area contributed by atoms with Crippen molar-refractivity contribution in [2.24, 2.45) is 17.8 Å². The molecule has 90 valence electrons. The number of nitrogens with one attached hydrogen (secondary N) is 1. The Morgan fingerprint density at radius 3 is 2.47 bits per heavy atom. The van der Waals surface area contributed by atoms with Crippen LogP contribution in [0.15, 0.2) is 0 Å².